The average Bonchev–Trinajstić information content (AvgIpc) is 2.26. The summed E-state index contributed by atoms with van der Waals surface area (Å²) in [6, 6.07) is 0. The number of Topliss-reactive ketones (excluding diaryl/α,β-unsaturated/α-hetero) is 1. The Morgan fingerprint density at radius 1 is 1.53 bits per heavy atom. The van der Waals surface area contributed by atoms with Gasteiger partial charge in [0.25, 0.3) is 5.91 Å². The standard InChI is InChI=1S/C10H17NO4/c1-5-6-15-7-9(12)8(2)10(13)11(3)14-4/h5,8H,1,6-7H2,2-4H3. The van der Waals surface area contributed by atoms with Crippen molar-refractivity contribution in [2.24, 2.45) is 5.92 Å². The van der Waals surface area contributed by atoms with E-state index < -0.39 is 5.92 Å². The Hall–Kier alpha value is -1.20. The highest BCUT2D eigenvalue weighted by atomic mass is 16.7. The summed E-state index contributed by atoms with van der Waals surface area (Å²) in [7, 11) is 2.82. The van der Waals surface area contributed by atoms with E-state index in [4.69, 9.17) is 4.74 Å². The highest BCUT2D eigenvalue weighted by Gasteiger charge is 2.24. The SMILES string of the molecule is C=CCOCC(=O)C(C)C(=O)N(C)OC. The first-order valence-electron chi connectivity index (χ1n) is 4.57. The number of carbonyl (C=O) groups excluding carboxylic acids is 2. The van der Waals surface area contributed by atoms with E-state index in [1.807, 2.05) is 0 Å². The second-order valence-electron chi connectivity index (χ2n) is 3.01. The van der Waals surface area contributed by atoms with Crippen LogP contribution >= 0.6 is 0 Å². The van der Waals surface area contributed by atoms with Crippen molar-refractivity contribution in [3.63, 3.8) is 0 Å². The molecule has 0 saturated heterocycles. The van der Waals surface area contributed by atoms with Crippen LogP contribution in [0, 0.1) is 5.92 Å². The van der Waals surface area contributed by atoms with Gasteiger partial charge in [-0.25, -0.2) is 5.06 Å². The summed E-state index contributed by atoms with van der Waals surface area (Å²) < 4.78 is 4.95. The quantitative estimate of drug-likeness (QED) is 0.267. The van der Waals surface area contributed by atoms with Gasteiger partial charge in [-0.1, -0.05) is 6.08 Å². The molecule has 86 valence electrons. The van der Waals surface area contributed by atoms with Gasteiger partial charge in [0.05, 0.1) is 19.6 Å². The number of carbonyl (C=O) groups is 2. The summed E-state index contributed by atoms with van der Waals surface area (Å²) >= 11 is 0. The second-order valence-corrected chi connectivity index (χ2v) is 3.01. The molecule has 0 heterocycles. The molecule has 0 bridgehead atoms. The largest absolute Gasteiger partial charge is 0.370 e. The number of nitrogens with zero attached hydrogens (tertiary/aromatic N) is 1. The highest BCUT2D eigenvalue weighted by Crippen LogP contribution is 2.03. The first-order valence-corrected chi connectivity index (χ1v) is 4.57. The van der Waals surface area contributed by atoms with Crippen LogP contribution in [0.5, 0.6) is 0 Å². The van der Waals surface area contributed by atoms with Gasteiger partial charge in [0.1, 0.15) is 6.61 Å². The average molecular weight is 215 g/mol. The maximum atomic E-state index is 11.5. The van der Waals surface area contributed by atoms with Gasteiger partial charge < -0.3 is 4.74 Å². The van der Waals surface area contributed by atoms with Crippen LogP contribution in [0.3, 0.4) is 0 Å². The van der Waals surface area contributed by atoms with Gasteiger partial charge in [-0.2, -0.15) is 0 Å². The molecular weight excluding hydrogens is 198 g/mol. The van der Waals surface area contributed by atoms with Crippen molar-refractivity contribution in [2.45, 2.75) is 6.92 Å². The lowest BCUT2D eigenvalue weighted by atomic mass is 10.1. The molecule has 0 aromatic heterocycles. The minimum Gasteiger partial charge on any atom is -0.370 e. The molecule has 0 fully saturated rings. The lowest BCUT2D eigenvalue weighted by Crippen LogP contribution is -2.36. The van der Waals surface area contributed by atoms with Crippen molar-refractivity contribution in [3.8, 4) is 0 Å². The lowest BCUT2D eigenvalue weighted by molar-refractivity contribution is -0.174. The van der Waals surface area contributed by atoms with Crippen LogP contribution in [0.15, 0.2) is 12.7 Å². The Morgan fingerprint density at radius 2 is 2.13 bits per heavy atom. The molecular formula is C10H17NO4. The molecule has 5 heteroatoms. The van der Waals surface area contributed by atoms with Crippen LogP contribution in [0.25, 0.3) is 0 Å². The van der Waals surface area contributed by atoms with Gasteiger partial charge in [0.2, 0.25) is 0 Å². The predicted molar refractivity (Wildman–Crippen MR) is 55.0 cm³/mol. The summed E-state index contributed by atoms with van der Waals surface area (Å²) in [5.41, 5.74) is 0. The van der Waals surface area contributed by atoms with E-state index in [0.717, 1.165) is 5.06 Å². The van der Waals surface area contributed by atoms with Gasteiger partial charge in [-0.05, 0) is 6.92 Å². The van der Waals surface area contributed by atoms with E-state index in [1.54, 1.807) is 6.08 Å². The van der Waals surface area contributed by atoms with E-state index in [0.29, 0.717) is 6.61 Å². The lowest BCUT2D eigenvalue weighted by Gasteiger charge is -2.17. The predicted octanol–water partition coefficient (Wildman–Crippen LogP) is 0.414. The zero-order valence-electron chi connectivity index (χ0n) is 9.36. The van der Waals surface area contributed by atoms with Crippen molar-refractivity contribution in [3.05, 3.63) is 12.7 Å². The van der Waals surface area contributed by atoms with E-state index >= 15 is 0 Å². The second kappa shape index (κ2) is 7.14. The summed E-state index contributed by atoms with van der Waals surface area (Å²) in [5.74, 6) is -1.41. The molecule has 0 spiro atoms. The minimum absolute atomic E-state index is 0.0868. The Bertz CT molecular complexity index is 240. The van der Waals surface area contributed by atoms with Crippen molar-refractivity contribution in [2.75, 3.05) is 27.4 Å². The molecule has 1 unspecified atom stereocenters. The molecule has 5 nitrogen and oxygen atoms in total. The van der Waals surface area contributed by atoms with E-state index in [1.165, 1.54) is 21.1 Å². The Kier molecular flexibility index (Phi) is 6.57. The van der Waals surface area contributed by atoms with Crippen molar-refractivity contribution >= 4 is 11.7 Å². The Labute approximate surface area is 89.6 Å². The van der Waals surface area contributed by atoms with Gasteiger partial charge in [-0.15, -0.1) is 6.58 Å². The van der Waals surface area contributed by atoms with Crippen molar-refractivity contribution in [1.82, 2.24) is 5.06 Å². The molecule has 0 aromatic carbocycles. The molecule has 0 radical (unpaired) electrons. The molecule has 1 amide bonds. The first-order chi connectivity index (χ1) is 7.04. The number of hydrogen-bond donors (Lipinski definition) is 0. The smallest absolute Gasteiger partial charge is 0.256 e. The van der Waals surface area contributed by atoms with Crippen molar-refractivity contribution in [1.29, 1.82) is 0 Å². The number of rotatable bonds is 7. The number of ether oxygens (including phenoxy) is 1. The van der Waals surface area contributed by atoms with Gasteiger partial charge in [0.15, 0.2) is 5.78 Å². The molecule has 0 aliphatic carbocycles. The minimum atomic E-state index is -0.750. The normalized spacial score (nSPS) is 11.9. The number of amides is 1. The molecule has 0 aromatic rings. The fourth-order valence-electron chi connectivity index (χ4n) is 0.868. The fourth-order valence-corrected chi connectivity index (χ4v) is 0.868. The van der Waals surface area contributed by atoms with Crippen LogP contribution in [0.2, 0.25) is 0 Å². The first kappa shape index (κ1) is 13.8. The number of ketones is 1. The molecule has 0 rings (SSSR count). The topological polar surface area (TPSA) is 55.8 Å². The Balaban J connectivity index is 4.07. The maximum absolute atomic E-state index is 11.5. The monoisotopic (exact) mass is 215 g/mol. The summed E-state index contributed by atoms with van der Waals surface area (Å²) in [5, 5.41) is 1.02. The summed E-state index contributed by atoms with van der Waals surface area (Å²) in [4.78, 5) is 27.6. The van der Waals surface area contributed by atoms with Crippen molar-refractivity contribution < 1.29 is 19.2 Å². The third-order valence-electron chi connectivity index (χ3n) is 1.92. The third-order valence-corrected chi connectivity index (χ3v) is 1.92. The van der Waals surface area contributed by atoms with Gasteiger partial charge in [-0.3, -0.25) is 14.4 Å². The van der Waals surface area contributed by atoms with Crippen LogP contribution in [0.4, 0.5) is 0 Å². The van der Waals surface area contributed by atoms with Crippen LogP contribution in [-0.2, 0) is 19.2 Å². The van der Waals surface area contributed by atoms with Gasteiger partial charge >= 0.3 is 0 Å². The summed E-state index contributed by atoms with van der Waals surface area (Å²) in [6.45, 7) is 5.18. The molecule has 0 saturated carbocycles. The fraction of sp³-hybridized carbons (Fsp3) is 0.600. The van der Waals surface area contributed by atoms with Crippen LogP contribution < -0.4 is 0 Å². The molecule has 0 aliphatic heterocycles. The molecule has 15 heavy (non-hydrogen) atoms. The zero-order valence-corrected chi connectivity index (χ0v) is 9.36. The van der Waals surface area contributed by atoms with E-state index in [9.17, 15) is 9.59 Å². The molecule has 1 atom stereocenters. The molecule has 0 aliphatic rings. The zero-order chi connectivity index (χ0) is 11.8. The highest BCUT2D eigenvalue weighted by molar-refractivity contribution is 6.01. The van der Waals surface area contributed by atoms with E-state index in [2.05, 4.69) is 11.4 Å². The third kappa shape index (κ3) is 4.71. The number of hydroxylamine groups is 2. The number of hydrogen-bond acceptors (Lipinski definition) is 4. The van der Waals surface area contributed by atoms with Crippen LogP contribution in [-0.4, -0.2) is 44.1 Å². The molecule has 0 N–H and O–H groups in total. The Morgan fingerprint density at radius 3 is 2.60 bits per heavy atom. The van der Waals surface area contributed by atoms with Gasteiger partial charge in [0, 0.05) is 7.05 Å². The summed E-state index contributed by atoms with van der Waals surface area (Å²) in [6.07, 6.45) is 1.54. The van der Waals surface area contributed by atoms with Crippen LogP contribution in [0.1, 0.15) is 6.92 Å². The maximum Gasteiger partial charge on any atom is 0.256 e. The van der Waals surface area contributed by atoms with E-state index in [-0.39, 0.29) is 18.3 Å².